The third kappa shape index (κ3) is 2.20. The summed E-state index contributed by atoms with van der Waals surface area (Å²) in [6.45, 7) is 2.00. The van der Waals surface area contributed by atoms with Gasteiger partial charge < -0.3 is 15.5 Å². The Labute approximate surface area is 109 Å². The monoisotopic (exact) mass is 255 g/mol. The molecule has 3 rings (SSSR count). The maximum Gasteiger partial charge on any atom is 0.166 e. The van der Waals surface area contributed by atoms with Crippen LogP contribution in [0.2, 0.25) is 0 Å². The summed E-state index contributed by atoms with van der Waals surface area (Å²) < 4.78 is 5.36. The highest BCUT2D eigenvalue weighted by Crippen LogP contribution is 2.23. The second-order valence-electron chi connectivity index (χ2n) is 4.21. The van der Waals surface area contributed by atoms with E-state index in [1.807, 2.05) is 25.1 Å². The summed E-state index contributed by atoms with van der Waals surface area (Å²) in [5.41, 5.74) is 6.22. The van der Waals surface area contributed by atoms with E-state index in [4.69, 9.17) is 10.2 Å². The molecule has 0 aliphatic heterocycles. The Bertz CT molecular complexity index is 695. The van der Waals surface area contributed by atoms with Crippen LogP contribution in [-0.4, -0.2) is 15.0 Å². The van der Waals surface area contributed by atoms with Gasteiger partial charge in [0.15, 0.2) is 5.65 Å². The van der Waals surface area contributed by atoms with Crippen LogP contribution < -0.4 is 11.1 Å². The molecule has 0 amide bonds. The molecular formula is C13H13N5O. The molecule has 6 heteroatoms. The number of rotatable bonds is 3. The van der Waals surface area contributed by atoms with Crippen molar-refractivity contribution in [2.45, 2.75) is 13.0 Å². The van der Waals surface area contributed by atoms with E-state index >= 15 is 0 Å². The smallest absolute Gasteiger partial charge is 0.166 e. The summed E-state index contributed by atoms with van der Waals surface area (Å²) in [6, 6.07) is 7.36. The molecule has 3 aromatic rings. The molecule has 0 saturated carbocycles. The molecule has 0 bridgehead atoms. The first-order chi connectivity index (χ1) is 9.24. The molecule has 0 spiro atoms. The summed E-state index contributed by atoms with van der Waals surface area (Å²) >= 11 is 0. The standard InChI is InChI=1S/C13H13N5O/c1-8(10-3-2-6-19-10)17-12-9-4-5-11(14)18-13(9)16-7-15-12/h2-8H,1H3,(H3,14,15,16,17,18). The van der Waals surface area contributed by atoms with Crippen molar-refractivity contribution in [1.29, 1.82) is 0 Å². The van der Waals surface area contributed by atoms with Crippen molar-refractivity contribution in [2.24, 2.45) is 0 Å². The number of fused-ring (bicyclic) bond motifs is 1. The lowest BCUT2D eigenvalue weighted by atomic mass is 10.2. The van der Waals surface area contributed by atoms with E-state index in [1.165, 1.54) is 6.33 Å². The molecule has 1 atom stereocenters. The van der Waals surface area contributed by atoms with Crippen LogP contribution in [0.15, 0.2) is 41.3 Å². The maximum absolute atomic E-state index is 5.65. The van der Waals surface area contributed by atoms with Crippen LogP contribution in [0.4, 0.5) is 11.6 Å². The fourth-order valence-electron chi connectivity index (χ4n) is 1.89. The number of hydrogen-bond donors (Lipinski definition) is 2. The van der Waals surface area contributed by atoms with Gasteiger partial charge in [-0.25, -0.2) is 15.0 Å². The molecule has 1 unspecified atom stereocenters. The first-order valence-corrected chi connectivity index (χ1v) is 5.91. The molecule has 0 aliphatic rings. The van der Waals surface area contributed by atoms with Gasteiger partial charge in [-0.2, -0.15) is 0 Å². The molecular weight excluding hydrogens is 242 g/mol. The van der Waals surface area contributed by atoms with E-state index in [1.54, 1.807) is 12.3 Å². The van der Waals surface area contributed by atoms with Gasteiger partial charge in [0.25, 0.3) is 0 Å². The van der Waals surface area contributed by atoms with Gasteiger partial charge in [0.05, 0.1) is 17.7 Å². The van der Waals surface area contributed by atoms with Crippen LogP contribution in [-0.2, 0) is 0 Å². The quantitative estimate of drug-likeness (QED) is 0.746. The van der Waals surface area contributed by atoms with Gasteiger partial charge in [-0.1, -0.05) is 0 Å². The Morgan fingerprint density at radius 2 is 2.16 bits per heavy atom. The van der Waals surface area contributed by atoms with Gasteiger partial charge in [-0.05, 0) is 31.2 Å². The van der Waals surface area contributed by atoms with Gasteiger partial charge in [-0.3, -0.25) is 0 Å². The van der Waals surface area contributed by atoms with E-state index in [9.17, 15) is 0 Å². The fourth-order valence-corrected chi connectivity index (χ4v) is 1.89. The Morgan fingerprint density at radius 3 is 2.95 bits per heavy atom. The fraction of sp³-hybridized carbons (Fsp3) is 0.154. The van der Waals surface area contributed by atoms with Crippen LogP contribution in [0.25, 0.3) is 11.0 Å². The third-order valence-electron chi connectivity index (χ3n) is 2.84. The van der Waals surface area contributed by atoms with Gasteiger partial charge in [0.2, 0.25) is 0 Å². The predicted molar refractivity (Wildman–Crippen MR) is 72.5 cm³/mol. The lowest BCUT2D eigenvalue weighted by Gasteiger charge is -2.13. The Morgan fingerprint density at radius 1 is 1.26 bits per heavy atom. The van der Waals surface area contributed by atoms with Crippen LogP contribution in [0, 0.1) is 0 Å². The molecule has 0 aromatic carbocycles. The highest BCUT2D eigenvalue weighted by molar-refractivity contribution is 5.87. The molecule has 3 N–H and O–H groups in total. The SMILES string of the molecule is CC(Nc1ncnc2nc(N)ccc12)c1ccco1. The van der Waals surface area contributed by atoms with E-state index in [0.717, 1.165) is 11.1 Å². The molecule has 3 heterocycles. The molecule has 19 heavy (non-hydrogen) atoms. The molecule has 96 valence electrons. The lowest BCUT2D eigenvalue weighted by molar-refractivity contribution is 0.490. The van der Waals surface area contributed by atoms with Crippen LogP contribution in [0.5, 0.6) is 0 Å². The van der Waals surface area contributed by atoms with E-state index in [2.05, 4.69) is 20.3 Å². The molecule has 0 saturated heterocycles. The maximum atomic E-state index is 5.65. The minimum Gasteiger partial charge on any atom is -0.467 e. The number of nitrogens with one attached hydrogen (secondary N) is 1. The van der Waals surface area contributed by atoms with E-state index < -0.39 is 0 Å². The van der Waals surface area contributed by atoms with Crippen molar-refractivity contribution in [2.75, 3.05) is 11.1 Å². The number of pyridine rings is 1. The minimum atomic E-state index is 0.00523. The van der Waals surface area contributed by atoms with Crippen molar-refractivity contribution in [3.05, 3.63) is 42.6 Å². The summed E-state index contributed by atoms with van der Waals surface area (Å²) in [4.78, 5) is 12.5. The molecule has 6 nitrogen and oxygen atoms in total. The average Bonchev–Trinajstić information content (AvgIpc) is 2.92. The average molecular weight is 255 g/mol. The molecule has 3 aromatic heterocycles. The second kappa shape index (κ2) is 4.56. The Hall–Kier alpha value is -2.63. The van der Waals surface area contributed by atoms with Crippen molar-refractivity contribution in [1.82, 2.24) is 15.0 Å². The Balaban J connectivity index is 1.97. The number of nitrogens with zero attached hydrogens (tertiary/aromatic N) is 3. The lowest BCUT2D eigenvalue weighted by Crippen LogP contribution is -2.08. The highest BCUT2D eigenvalue weighted by Gasteiger charge is 2.11. The first-order valence-electron chi connectivity index (χ1n) is 5.91. The normalized spacial score (nSPS) is 12.5. The molecule has 0 aliphatic carbocycles. The number of nitrogen functional groups attached to an aromatic ring is 1. The predicted octanol–water partition coefficient (Wildman–Crippen LogP) is 2.37. The van der Waals surface area contributed by atoms with E-state index in [-0.39, 0.29) is 6.04 Å². The zero-order chi connectivity index (χ0) is 13.2. The van der Waals surface area contributed by atoms with Gasteiger partial charge in [-0.15, -0.1) is 0 Å². The minimum absolute atomic E-state index is 0.00523. The number of nitrogens with two attached hydrogens (primary N) is 1. The number of hydrogen-bond acceptors (Lipinski definition) is 6. The topological polar surface area (TPSA) is 89.9 Å². The number of furan rings is 1. The second-order valence-corrected chi connectivity index (χ2v) is 4.21. The van der Waals surface area contributed by atoms with E-state index in [0.29, 0.717) is 17.3 Å². The zero-order valence-corrected chi connectivity index (χ0v) is 10.4. The van der Waals surface area contributed by atoms with Gasteiger partial charge in [0, 0.05) is 0 Å². The van der Waals surface area contributed by atoms with Crippen molar-refractivity contribution >= 4 is 22.7 Å². The summed E-state index contributed by atoms with van der Waals surface area (Å²) in [5, 5.41) is 4.11. The van der Waals surface area contributed by atoms with Gasteiger partial charge in [0.1, 0.15) is 23.7 Å². The largest absolute Gasteiger partial charge is 0.467 e. The van der Waals surface area contributed by atoms with Crippen molar-refractivity contribution in [3.8, 4) is 0 Å². The summed E-state index contributed by atoms with van der Waals surface area (Å²) in [7, 11) is 0. The van der Waals surface area contributed by atoms with Crippen molar-refractivity contribution in [3.63, 3.8) is 0 Å². The summed E-state index contributed by atoms with van der Waals surface area (Å²) in [5.74, 6) is 1.99. The zero-order valence-electron chi connectivity index (χ0n) is 10.4. The van der Waals surface area contributed by atoms with Crippen LogP contribution in [0.3, 0.4) is 0 Å². The summed E-state index contributed by atoms with van der Waals surface area (Å²) in [6.07, 6.45) is 3.11. The molecule has 0 radical (unpaired) electrons. The first kappa shape index (κ1) is 11.5. The van der Waals surface area contributed by atoms with Crippen molar-refractivity contribution < 1.29 is 4.42 Å². The molecule has 0 fully saturated rings. The number of anilines is 2. The number of aromatic nitrogens is 3. The highest BCUT2D eigenvalue weighted by atomic mass is 16.3. The van der Waals surface area contributed by atoms with Gasteiger partial charge >= 0.3 is 0 Å². The van der Waals surface area contributed by atoms with Crippen LogP contribution in [0.1, 0.15) is 18.7 Å². The van der Waals surface area contributed by atoms with Crippen LogP contribution >= 0.6 is 0 Å². The third-order valence-corrected chi connectivity index (χ3v) is 2.84. The Kier molecular flexibility index (Phi) is 2.75.